The van der Waals surface area contributed by atoms with Gasteiger partial charge < -0.3 is 15.7 Å². The number of carbonyl (C=O) groups is 2. The van der Waals surface area contributed by atoms with Crippen LogP contribution in [0.5, 0.6) is 0 Å². The normalized spacial score (nSPS) is 16.1. The number of carbonyl (C=O) groups excluding carboxylic acids is 1. The summed E-state index contributed by atoms with van der Waals surface area (Å²) in [7, 11) is 0. The molecule has 1 saturated heterocycles. The van der Waals surface area contributed by atoms with E-state index in [0.717, 1.165) is 37.5 Å². The van der Waals surface area contributed by atoms with Gasteiger partial charge in [-0.15, -0.1) is 11.3 Å². The molecular weight excluding hydrogens is 280 g/mol. The van der Waals surface area contributed by atoms with Gasteiger partial charge in [-0.25, -0.2) is 9.78 Å². The fourth-order valence-corrected chi connectivity index (χ4v) is 2.87. The van der Waals surface area contributed by atoms with Crippen molar-refractivity contribution in [2.45, 2.75) is 13.5 Å². The molecule has 1 fully saturated rings. The number of aryl methyl sites for hydroxylation is 1. The first-order chi connectivity index (χ1) is 9.56. The molecule has 0 aliphatic carbocycles. The Morgan fingerprint density at radius 1 is 1.45 bits per heavy atom. The fraction of sp³-hybridized carbons (Fsp3) is 0.583. The van der Waals surface area contributed by atoms with E-state index in [0.29, 0.717) is 17.2 Å². The number of carboxylic acids is 1. The number of amides is 1. The van der Waals surface area contributed by atoms with Gasteiger partial charge in [-0.1, -0.05) is 0 Å². The van der Waals surface area contributed by atoms with E-state index in [-0.39, 0.29) is 17.3 Å². The first-order valence-electron chi connectivity index (χ1n) is 6.45. The van der Waals surface area contributed by atoms with Gasteiger partial charge in [-0.2, -0.15) is 0 Å². The third-order valence-electron chi connectivity index (χ3n) is 3.05. The first-order valence-corrected chi connectivity index (χ1v) is 7.27. The molecule has 0 aromatic carbocycles. The average Bonchev–Trinajstić information content (AvgIpc) is 2.79. The molecule has 0 saturated carbocycles. The Morgan fingerprint density at radius 2 is 2.15 bits per heavy atom. The Labute approximate surface area is 121 Å². The zero-order valence-corrected chi connectivity index (χ0v) is 12.1. The minimum atomic E-state index is -0.974. The van der Waals surface area contributed by atoms with Crippen LogP contribution < -0.4 is 10.6 Å². The number of piperazine rings is 1. The minimum Gasteiger partial charge on any atom is -0.477 e. The number of carboxylic acid groups (broad SMARTS) is 1. The molecule has 0 unspecified atom stereocenters. The summed E-state index contributed by atoms with van der Waals surface area (Å²) in [6.45, 7) is 5.86. The number of hydrogen-bond donors (Lipinski definition) is 3. The lowest BCUT2D eigenvalue weighted by molar-refractivity contribution is -0.122. The molecule has 1 amide bonds. The predicted octanol–water partition coefficient (Wildman–Crippen LogP) is -0.329. The van der Waals surface area contributed by atoms with E-state index in [9.17, 15) is 9.59 Å². The monoisotopic (exact) mass is 298 g/mol. The molecule has 0 spiro atoms. The van der Waals surface area contributed by atoms with Crippen LogP contribution in [0.15, 0.2) is 0 Å². The van der Waals surface area contributed by atoms with Crippen LogP contribution in [0.4, 0.5) is 0 Å². The summed E-state index contributed by atoms with van der Waals surface area (Å²) in [4.78, 5) is 29.2. The molecule has 7 nitrogen and oxygen atoms in total. The second-order valence-electron chi connectivity index (χ2n) is 4.63. The topological polar surface area (TPSA) is 94.6 Å². The number of thiazole rings is 1. The zero-order chi connectivity index (χ0) is 14.5. The van der Waals surface area contributed by atoms with E-state index in [1.807, 2.05) is 0 Å². The van der Waals surface area contributed by atoms with Crippen LogP contribution in [0.2, 0.25) is 0 Å². The van der Waals surface area contributed by atoms with Crippen molar-refractivity contribution in [3.63, 3.8) is 0 Å². The van der Waals surface area contributed by atoms with Gasteiger partial charge in [0, 0.05) is 26.2 Å². The number of nitrogens with one attached hydrogen (secondary N) is 2. The lowest BCUT2D eigenvalue weighted by Crippen LogP contribution is -2.47. The molecule has 1 aliphatic heterocycles. The molecule has 8 heteroatoms. The smallest absolute Gasteiger partial charge is 0.347 e. The van der Waals surface area contributed by atoms with Crippen LogP contribution in [-0.2, 0) is 11.3 Å². The Balaban J connectivity index is 1.80. The maximum Gasteiger partial charge on any atom is 0.347 e. The van der Waals surface area contributed by atoms with E-state index in [1.54, 1.807) is 6.92 Å². The van der Waals surface area contributed by atoms with Crippen molar-refractivity contribution in [1.29, 1.82) is 0 Å². The third-order valence-corrected chi connectivity index (χ3v) is 4.19. The molecule has 2 heterocycles. The van der Waals surface area contributed by atoms with Crippen molar-refractivity contribution < 1.29 is 14.7 Å². The molecule has 1 aromatic heterocycles. The predicted molar refractivity (Wildman–Crippen MR) is 75.0 cm³/mol. The van der Waals surface area contributed by atoms with E-state index in [2.05, 4.69) is 20.5 Å². The second-order valence-corrected chi connectivity index (χ2v) is 5.71. The molecule has 0 radical (unpaired) electrons. The van der Waals surface area contributed by atoms with E-state index < -0.39 is 5.97 Å². The summed E-state index contributed by atoms with van der Waals surface area (Å²) in [6, 6.07) is 0. The summed E-state index contributed by atoms with van der Waals surface area (Å²) in [6.07, 6.45) is 0. The minimum absolute atomic E-state index is 0.0587. The van der Waals surface area contributed by atoms with Gasteiger partial charge in [0.05, 0.1) is 18.8 Å². The van der Waals surface area contributed by atoms with Crippen LogP contribution in [-0.4, -0.2) is 59.6 Å². The van der Waals surface area contributed by atoms with Crippen molar-refractivity contribution in [3.8, 4) is 0 Å². The Morgan fingerprint density at radius 3 is 2.75 bits per heavy atom. The summed E-state index contributed by atoms with van der Waals surface area (Å²) in [5, 5.41) is 15.6. The fourth-order valence-electron chi connectivity index (χ4n) is 2.03. The second kappa shape index (κ2) is 6.78. The quantitative estimate of drug-likeness (QED) is 0.689. The summed E-state index contributed by atoms with van der Waals surface area (Å²) < 4.78 is 0. The van der Waals surface area contributed by atoms with Crippen molar-refractivity contribution >= 4 is 23.2 Å². The molecule has 0 bridgehead atoms. The molecule has 1 aromatic rings. The van der Waals surface area contributed by atoms with Gasteiger partial charge in [-0.3, -0.25) is 9.69 Å². The van der Waals surface area contributed by atoms with Gasteiger partial charge >= 0.3 is 5.97 Å². The standard InChI is InChI=1S/C12H18N4O3S/c1-8-11(12(18)19)20-10(15-8)6-14-9(17)7-16-4-2-13-3-5-16/h13H,2-7H2,1H3,(H,14,17)(H,18,19). The Hall–Kier alpha value is -1.51. The highest BCUT2D eigenvalue weighted by Gasteiger charge is 2.16. The highest BCUT2D eigenvalue weighted by molar-refractivity contribution is 7.13. The van der Waals surface area contributed by atoms with Crippen molar-refractivity contribution in [2.24, 2.45) is 0 Å². The first kappa shape index (κ1) is 14.9. The summed E-state index contributed by atoms with van der Waals surface area (Å²) in [5.74, 6) is -1.03. The van der Waals surface area contributed by atoms with E-state index in [4.69, 9.17) is 5.11 Å². The van der Waals surface area contributed by atoms with Crippen molar-refractivity contribution in [1.82, 2.24) is 20.5 Å². The largest absolute Gasteiger partial charge is 0.477 e. The maximum absolute atomic E-state index is 11.8. The number of aromatic carboxylic acids is 1. The molecule has 1 aliphatic rings. The Kier molecular flexibility index (Phi) is 5.05. The highest BCUT2D eigenvalue weighted by Crippen LogP contribution is 2.17. The number of nitrogens with zero attached hydrogens (tertiary/aromatic N) is 2. The van der Waals surface area contributed by atoms with Crippen LogP contribution >= 0.6 is 11.3 Å². The van der Waals surface area contributed by atoms with Gasteiger partial charge in [0.25, 0.3) is 0 Å². The van der Waals surface area contributed by atoms with E-state index in [1.165, 1.54) is 0 Å². The Bertz CT molecular complexity index is 497. The third kappa shape index (κ3) is 3.99. The van der Waals surface area contributed by atoms with Crippen LogP contribution in [0, 0.1) is 6.92 Å². The highest BCUT2D eigenvalue weighted by atomic mass is 32.1. The molecule has 2 rings (SSSR count). The number of rotatable bonds is 5. The lowest BCUT2D eigenvalue weighted by Gasteiger charge is -2.26. The molecule has 0 atom stereocenters. The van der Waals surface area contributed by atoms with Gasteiger partial charge in [0.1, 0.15) is 9.88 Å². The van der Waals surface area contributed by atoms with Crippen molar-refractivity contribution in [3.05, 3.63) is 15.6 Å². The molecule has 20 heavy (non-hydrogen) atoms. The zero-order valence-electron chi connectivity index (χ0n) is 11.3. The lowest BCUT2D eigenvalue weighted by atomic mass is 10.3. The van der Waals surface area contributed by atoms with Crippen LogP contribution in [0.1, 0.15) is 20.4 Å². The number of aromatic nitrogens is 1. The summed E-state index contributed by atoms with van der Waals surface area (Å²) in [5.41, 5.74) is 0.494. The van der Waals surface area contributed by atoms with E-state index >= 15 is 0 Å². The average molecular weight is 298 g/mol. The number of hydrogen-bond acceptors (Lipinski definition) is 6. The van der Waals surface area contributed by atoms with Gasteiger partial charge in [-0.05, 0) is 6.92 Å². The summed E-state index contributed by atoms with van der Waals surface area (Å²) >= 11 is 1.11. The van der Waals surface area contributed by atoms with Crippen LogP contribution in [0.3, 0.4) is 0 Å². The molecular formula is C12H18N4O3S. The molecule has 3 N–H and O–H groups in total. The van der Waals surface area contributed by atoms with Crippen molar-refractivity contribution in [2.75, 3.05) is 32.7 Å². The van der Waals surface area contributed by atoms with Gasteiger partial charge in [0.15, 0.2) is 0 Å². The molecule has 110 valence electrons. The SMILES string of the molecule is Cc1nc(CNC(=O)CN2CCNCC2)sc1C(=O)O. The van der Waals surface area contributed by atoms with Gasteiger partial charge in [0.2, 0.25) is 5.91 Å². The van der Waals surface area contributed by atoms with Crippen LogP contribution in [0.25, 0.3) is 0 Å². The maximum atomic E-state index is 11.8.